The molecule has 2 aromatic rings. The molecule has 0 bridgehead atoms. The predicted molar refractivity (Wildman–Crippen MR) is 111 cm³/mol. The molecule has 0 unspecified atom stereocenters. The second-order valence-corrected chi connectivity index (χ2v) is 8.38. The third kappa shape index (κ3) is 5.04. The highest BCUT2D eigenvalue weighted by atomic mass is 32.2. The summed E-state index contributed by atoms with van der Waals surface area (Å²) in [6, 6.07) is 14.6. The molecule has 1 saturated heterocycles. The average molecular weight is 427 g/mol. The van der Waals surface area contributed by atoms with Gasteiger partial charge in [-0.3, -0.25) is 4.79 Å². The zero-order valence-corrected chi connectivity index (χ0v) is 17.2. The van der Waals surface area contributed by atoms with E-state index in [4.69, 9.17) is 9.47 Å². The Morgan fingerprint density at radius 1 is 1.13 bits per heavy atom. The fourth-order valence-electron chi connectivity index (χ4n) is 2.86. The van der Waals surface area contributed by atoms with Gasteiger partial charge >= 0.3 is 0 Å². The van der Waals surface area contributed by atoms with E-state index in [1.54, 1.807) is 31.4 Å². The number of nitrogens with one attached hydrogen (secondary N) is 1. The first-order valence-electron chi connectivity index (χ1n) is 9.19. The van der Waals surface area contributed by atoms with Crippen LogP contribution in [-0.4, -0.2) is 52.0 Å². The average Bonchev–Trinajstić information content (AvgIpc) is 2.78. The summed E-state index contributed by atoms with van der Waals surface area (Å²) in [6.07, 6.45) is 1.46. The lowest BCUT2D eigenvalue weighted by atomic mass is 10.1. The molecule has 1 heterocycles. The van der Waals surface area contributed by atoms with E-state index in [1.807, 2.05) is 6.07 Å². The zero-order valence-electron chi connectivity index (χ0n) is 16.4. The highest BCUT2D eigenvalue weighted by Gasteiger charge is 2.26. The van der Waals surface area contributed by atoms with Crippen molar-refractivity contribution in [2.45, 2.75) is 4.90 Å². The Kier molecular flexibility index (Phi) is 6.84. The number of carbonyl (C=O) groups excluding carboxylic acids is 1. The van der Waals surface area contributed by atoms with E-state index in [2.05, 4.69) is 5.32 Å². The van der Waals surface area contributed by atoms with Crippen molar-refractivity contribution in [1.82, 2.24) is 4.31 Å². The summed E-state index contributed by atoms with van der Waals surface area (Å²) >= 11 is 0. The van der Waals surface area contributed by atoms with Gasteiger partial charge in [0.2, 0.25) is 10.0 Å². The molecule has 0 spiro atoms. The van der Waals surface area contributed by atoms with Gasteiger partial charge in [0.25, 0.3) is 5.91 Å². The highest BCUT2D eigenvalue weighted by Crippen LogP contribution is 2.20. The van der Waals surface area contributed by atoms with Gasteiger partial charge in [-0.15, -0.1) is 0 Å². The molecule has 0 saturated carbocycles. The fraction of sp³-hybridized carbons (Fsp3) is 0.238. The lowest BCUT2D eigenvalue weighted by Crippen LogP contribution is -2.40. The minimum Gasteiger partial charge on any atom is -0.497 e. The first-order chi connectivity index (χ1) is 14.4. The number of anilines is 1. The van der Waals surface area contributed by atoms with Gasteiger partial charge < -0.3 is 14.8 Å². The van der Waals surface area contributed by atoms with Crippen LogP contribution in [0.3, 0.4) is 0 Å². The molecular weight excluding hydrogens is 406 g/mol. The quantitative estimate of drug-likeness (QED) is 0.560. The molecule has 3 rings (SSSR count). The maximum Gasteiger partial charge on any atom is 0.266 e. The second kappa shape index (κ2) is 9.54. The number of nitriles is 1. The molecule has 0 aromatic heterocycles. The van der Waals surface area contributed by atoms with Crippen molar-refractivity contribution in [2.24, 2.45) is 0 Å². The SMILES string of the molecule is COc1ccc(/C=C(\C#N)C(=O)Nc2ccc(S(=O)(=O)N3CCOCC3)cc2)cc1. The Balaban J connectivity index is 1.71. The number of amides is 1. The summed E-state index contributed by atoms with van der Waals surface area (Å²) in [7, 11) is -2.06. The lowest BCUT2D eigenvalue weighted by Gasteiger charge is -2.26. The van der Waals surface area contributed by atoms with Crippen LogP contribution >= 0.6 is 0 Å². The number of morpholine rings is 1. The standard InChI is InChI=1S/C21H21N3O5S/c1-28-19-6-2-16(3-7-19)14-17(15-22)21(25)23-18-4-8-20(9-5-18)30(26,27)24-10-12-29-13-11-24/h2-9,14H,10-13H2,1H3,(H,23,25)/b17-14+. The number of sulfonamides is 1. The molecule has 8 nitrogen and oxygen atoms in total. The predicted octanol–water partition coefficient (Wildman–Crippen LogP) is 2.26. The molecule has 1 N–H and O–H groups in total. The minimum atomic E-state index is -3.61. The third-order valence-corrected chi connectivity index (χ3v) is 6.42. The van der Waals surface area contributed by atoms with Crippen LogP contribution in [-0.2, 0) is 19.6 Å². The molecule has 2 aromatic carbocycles. The van der Waals surface area contributed by atoms with Crippen LogP contribution in [0.4, 0.5) is 5.69 Å². The van der Waals surface area contributed by atoms with Crippen molar-refractivity contribution < 1.29 is 22.7 Å². The van der Waals surface area contributed by atoms with E-state index in [0.717, 1.165) is 0 Å². The summed E-state index contributed by atoms with van der Waals surface area (Å²) in [5.41, 5.74) is 0.983. The molecule has 0 aliphatic carbocycles. The first-order valence-corrected chi connectivity index (χ1v) is 10.6. The smallest absolute Gasteiger partial charge is 0.266 e. The molecule has 1 amide bonds. The molecule has 0 radical (unpaired) electrons. The minimum absolute atomic E-state index is 0.0785. The number of carbonyl (C=O) groups is 1. The van der Waals surface area contributed by atoms with Crippen LogP contribution in [0.15, 0.2) is 59.0 Å². The molecule has 156 valence electrons. The number of benzene rings is 2. The lowest BCUT2D eigenvalue weighted by molar-refractivity contribution is -0.112. The molecule has 1 aliphatic heterocycles. The van der Waals surface area contributed by atoms with Crippen LogP contribution in [0, 0.1) is 11.3 Å². The zero-order chi connectivity index (χ0) is 21.6. The first kappa shape index (κ1) is 21.5. The maximum absolute atomic E-state index is 12.6. The summed E-state index contributed by atoms with van der Waals surface area (Å²) in [5, 5.41) is 11.9. The molecule has 9 heteroatoms. The number of hydrogen-bond acceptors (Lipinski definition) is 6. The number of rotatable bonds is 6. The van der Waals surface area contributed by atoms with Crippen LogP contribution in [0.5, 0.6) is 5.75 Å². The number of nitrogens with zero attached hydrogens (tertiary/aromatic N) is 2. The second-order valence-electron chi connectivity index (χ2n) is 6.44. The third-order valence-electron chi connectivity index (χ3n) is 4.51. The molecule has 30 heavy (non-hydrogen) atoms. The van der Waals surface area contributed by atoms with Crippen LogP contribution in [0.1, 0.15) is 5.56 Å². The monoisotopic (exact) mass is 427 g/mol. The van der Waals surface area contributed by atoms with Crippen molar-refractivity contribution >= 4 is 27.7 Å². The normalized spacial score (nSPS) is 15.3. The summed E-state index contributed by atoms with van der Waals surface area (Å²) in [5.74, 6) is 0.0827. The largest absolute Gasteiger partial charge is 0.497 e. The molecule has 1 aliphatic rings. The Morgan fingerprint density at radius 3 is 2.33 bits per heavy atom. The van der Waals surface area contributed by atoms with Gasteiger partial charge in [-0.1, -0.05) is 12.1 Å². The van der Waals surface area contributed by atoms with Crippen LogP contribution in [0.2, 0.25) is 0 Å². The van der Waals surface area contributed by atoms with Crippen molar-refractivity contribution in [3.05, 3.63) is 59.7 Å². The van der Waals surface area contributed by atoms with E-state index in [0.29, 0.717) is 43.3 Å². The Bertz CT molecular complexity index is 1070. The number of methoxy groups -OCH3 is 1. The van der Waals surface area contributed by atoms with E-state index in [-0.39, 0.29) is 10.5 Å². The molecule has 0 atom stereocenters. The van der Waals surface area contributed by atoms with Gasteiger partial charge in [0.15, 0.2) is 0 Å². The highest BCUT2D eigenvalue weighted by molar-refractivity contribution is 7.89. The van der Waals surface area contributed by atoms with E-state index >= 15 is 0 Å². The van der Waals surface area contributed by atoms with Gasteiger partial charge in [-0.2, -0.15) is 9.57 Å². The summed E-state index contributed by atoms with van der Waals surface area (Å²) < 4.78 is 36.9. The van der Waals surface area contributed by atoms with Crippen molar-refractivity contribution in [1.29, 1.82) is 5.26 Å². The van der Waals surface area contributed by atoms with Crippen molar-refractivity contribution in [3.63, 3.8) is 0 Å². The van der Waals surface area contributed by atoms with Crippen LogP contribution in [0.25, 0.3) is 6.08 Å². The van der Waals surface area contributed by atoms with Gasteiger partial charge in [-0.05, 0) is 48.0 Å². The van der Waals surface area contributed by atoms with E-state index in [1.165, 1.54) is 34.6 Å². The Morgan fingerprint density at radius 2 is 1.77 bits per heavy atom. The van der Waals surface area contributed by atoms with Gasteiger partial charge in [0.05, 0.1) is 25.2 Å². The summed E-state index contributed by atoms with van der Waals surface area (Å²) in [4.78, 5) is 12.6. The topological polar surface area (TPSA) is 109 Å². The van der Waals surface area contributed by atoms with Crippen molar-refractivity contribution in [2.75, 3.05) is 38.7 Å². The summed E-state index contributed by atoms with van der Waals surface area (Å²) in [6.45, 7) is 1.35. The Labute approximate surface area is 175 Å². The van der Waals surface area contributed by atoms with Gasteiger partial charge in [-0.25, -0.2) is 8.42 Å². The van der Waals surface area contributed by atoms with Crippen LogP contribution < -0.4 is 10.1 Å². The Hall–Kier alpha value is -3.19. The van der Waals surface area contributed by atoms with Gasteiger partial charge in [0, 0.05) is 18.8 Å². The maximum atomic E-state index is 12.6. The number of hydrogen-bond donors (Lipinski definition) is 1. The van der Waals surface area contributed by atoms with Crippen molar-refractivity contribution in [3.8, 4) is 11.8 Å². The molecular formula is C21H21N3O5S. The van der Waals surface area contributed by atoms with E-state index < -0.39 is 15.9 Å². The van der Waals surface area contributed by atoms with E-state index in [9.17, 15) is 18.5 Å². The molecule has 1 fully saturated rings. The fourth-order valence-corrected chi connectivity index (χ4v) is 4.27. The number of ether oxygens (including phenoxy) is 2. The van der Waals surface area contributed by atoms with Gasteiger partial charge in [0.1, 0.15) is 17.4 Å².